The Bertz CT molecular complexity index is 1030. The van der Waals surface area contributed by atoms with Gasteiger partial charge < -0.3 is 4.90 Å². The summed E-state index contributed by atoms with van der Waals surface area (Å²) < 4.78 is 1.71. The lowest BCUT2D eigenvalue weighted by molar-refractivity contribution is -0.119. The van der Waals surface area contributed by atoms with Crippen molar-refractivity contribution in [1.29, 1.82) is 0 Å². The fraction of sp³-hybridized carbons (Fsp3) is 0.143. The first-order valence-electron chi connectivity index (χ1n) is 8.60. The fourth-order valence-corrected chi connectivity index (χ4v) is 3.81. The van der Waals surface area contributed by atoms with E-state index in [1.807, 2.05) is 59.8 Å². The molecule has 0 aliphatic heterocycles. The van der Waals surface area contributed by atoms with Crippen molar-refractivity contribution in [3.05, 3.63) is 71.6 Å². The number of benzene rings is 2. The molecule has 26 heavy (non-hydrogen) atoms. The summed E-state index contributed by atoms with van der Waals surface area (Å²) in [4.78, 5) is 14.8. The second kappa shape index (κ2) is 7.14. The van der Waals surface area contributed by atoms with Gasteiger partial charge in [-0.3, -0.25) is 9.48 Å². The minimum absolute atomic E-state index is 0.0313. The number of aromatic nitrogens is 2. The zero-order valence-electron chi connectivity index (χ0n) is 14.5. The molecule has 4 rings (SSSR count). The van der Waals surface area contributed by atoms with Crippen LogP contribution in [0.5, 0.6) is 0 Å². The summed E-state index contributed by atoms with van der Waals surface area (Å²) in [5, 5.41) is 10.8. The third-order valence-corrected chi connectivity index (χ3v) is 5.11. The highest BCUT2D eigenvalue weighted by atomic mass is 32.1. The Morgan fingerprint density at radius 1 is 1.12 bits per heavy atom. The van der Waals surface area contributed by atoms with Crippen LogP contribution in [0.15, 0.2) is 71.6 Å². The van der Waals surface area contributed by atoms with Crippen molar-refractivity contribution in [2.24, 2.45) is 0 Å². The van der Waals surface area contributed by atoms with Crippen LogP contribution >= 0.6 is 11.3 Å². The number of anilines is 1. The normalized spacial score (nSPS) is 11.0. The Morgan fingerprint density at radius 3 is 2.77 bits per heavy atom. The minimum atomic E-state index is 0.0313. The molecule has 2 heterocycles. The molecule has 4 nitrogen and oxygen atoms in total. The fourth-order valence-electron chi connectivity index (χ4n) is 3.16. The van der Waals surface area contributed by atoms with Crippen LogP contribution in [-0.2, 0) is 11.3 Å². The van der Waals surface area contributed by atoms with Gasteiger partial charge in [-0.1, -0.05) is 36.4 Å². The number of likely N-dealkylation sites (N-methyl/N-ethyl adjacent to an activating group) is 1. The first-order valence-corrected chi connectivity index (χ1v) is 9.54. The highest BCUT2D eigenvalue weighted by molar-refractivity contribution is 7.08. The molecule has 4 aromatic rings. The number of carbonyl (C=O) groups excluding carboxylic acids is 1. The van der Waals surface area contributed by atoms with Gasteiger partial charge >= 0.3 is 0 Å². The second-order valence-electron chi connectivity index (χ2n) is 6.05. The monoisotopic (exact) mass is 361 g/mol. The number of amides is 1. The molecule has 2 aromatic carbocycles. The molecule has 130 valence electrons. The summed E-state index contributed by atoms with van der Waals surface area (Å²) in [6.45, 7) is 2.84. The van der Waals surface area contributed by atoms with E-state index in [1.165, 1.54) is 0 Å². The van der Waals surface area contributed by atoms with Crippen molar-refractivity contribution in [1.82, 2.24) is 9.78 Å². The Morgan fingerprint density at radius 2 is 1.96 bits per heavy atom. The maximum absolute atomic E-state index is 13.0. The van der Waals surface area contributed by atoms with Crippen molar-refractivity contribution < 1.29 is 4.79 Å². The van der Waals surface area contributed by atoms with Crippen LogP contribution in [0.4, 0.5) is 5.69 Å². The van der Waals surface area contributed by atoms with Gasteiger partial charge in [-0.25, -0.2) is 0 Å². The van der Waals surface area contributed by atoms with Crippen LogP contribution in [-0.4, -0.2) is 22.2 Å². The molecule has 0 aliphatic carbocycles. The quantitative estimate of drug-likeness (QED) is 0.511. The third kappa shape index (κ3) is 3.13. The Balaban J connectivity index is 1.60. The van der Waals surface area contributed by atoms with Gasteiger partial charge in [-0.15, -0.1) is 0 Å². The van der Waals surface area contributed by atoms with Gasteiger partial charge in [-0.2, -0.15) is 16.4 Å². The van der Waals surface area contributed by atoms with Gasteiger partial charge in [0, 0.05) is 29.1 Å². The molecule has 0 aliphatic rings. The van der Waals surface area contributed by atoms with Crippen molar-refractivity contribution in [3.63, 3.8) is 0 Å². The van der Waals surface area contributed by atoms with Gasteiger partial charge in [0.15, 0.2) is 0 Å². The Hall–Kier alpha value is -2.92. The van der Waals surface area contributed by atoms with Gasteiger partial charge in [0.25, 0.3) is 0 Å². The molecule has 0 saturated heterocycles. The SMILES string of the molecule is CCN(C(=O)Cn1ccc(-c2ccsc2)n1)c1cccc2ccccc12. The minimum Gasteiger partial charge on any atom is -0.310 e. The van der Waals surface area contributed by atoms with Crippen molar-refractivity contribution in [2.75, 3.05) is 11.4 Å². The average Bonchev–Trinajstić information content (AvgIpc) is 3.34. The van der Waals surface area contributed by atoms with Gasteiger partial charge in [0.2, 0.25) is 5.91 Å². The number of carbonyl (C=O) groups is 1. The largest absolute Gasteiger partial charge is 0.310 e. The number of nitrogens with zero attached hydrogens (tertiary/aromatic N) is 3. The molecule has 0 saturated carbocycles. The van der Waals surface area contributed by atoms with E-state index in [0.717, 1.165) is 27.7 Å². The summed E-state index contributed by atoms with van der Waals surface area (Å²) in [7, 11) is 0. The molecule has 0 N–H and O–H groups in total. The molecule has 0 fully saturated rings. The predicted octanol–water partition coefficient (Wildman–Crippen LogP) is 4.82. The Labute approximate surface area is 156 Å². The molecule has 5 heteroatoms. The first kappa shape index (κ1) is 16.5. The molecule has 1 amide bonds. The lowest BCUT2D eigenvalue weighted by Gasteiger charge is -2.22. The first-order chi connectivity index (χ1) is 12.8. The standard InChI is InChI=1S/C21H19N3OS/c1-2-24(20-9-5-7-16-6-3-4-8-18(16)20)21(25)14-23-12-10-19(22-23)17-11-13-26-15-17/h3-13,15H,2,14H2,1H3. The van der Waals surface area contributed by atoms with Gasteiger partial charge in [0.05, 0.1) is 11.4 Å². The zero-order chi connectivity index (χ0) is 17.9. The van der Waals surface area contributed by atoms with Gasteiger partial charge in [0.1, 0.15) is 6.54 Å². The lowest BCUT2D eigenvalue weighted by atomic mass is 10.1. The molecule has 0 bridgehead atoms. The maximum atomic E-state index is 13.0. The van der Waals surface area contributed by atoms with E-state index in [9.17, 15) is 4.79 Å². The average molecular weight is 361 g/mol. The van der Waals surface area contributed by atoms with Crippen LogP contribution in [0.25, 0.3) is 22.0 Å². The van der Waals surface area contributed by atoms with E-state index < -0.39 is 0 Å². The number of fused-ring (bicyclic) bond motifs is 1. The maximum Gasteiger partial charge on any atom is 0.248 e. The molecule has 0 spiro atoms. The van der Waals surface area contributed by atoms with Crippen molar-refractivity contribution in [2.45, 2.75) is 13.5 Å². The van der Waals surface area contributed by atoms with E-state index in [1.54, 1.807) is 16.0 Å². The lowest BCUT2D eigenvalue weighted by Crippen LogP contribution is -2.34. The van der Waals surface area contributed by atoms with Gasteiger partial charge in [-0.05, 0) is 35.9 Å². The highest BCUT2D eigenvalue weighted by Crippen LogP contribution is 2.27. The van der Waals surface area contributed by atoms with Crippen molar-refractivity contribution in [3.8, 4) is 11.3 Å². The van der Waals surface area contributed by atoms with E-state index in [-0.39, 0.29) is 12.5 Å². The molecule has 0 radical (unpaired) electrons. The van der Waals surface area contributed by atoms with Crippen molar-refractivity contribution >= 4 is 33.7 Å². The van der Waals surface area contributed by atoms with Crippen LogP contribution in [0.2, 0.25) is 0 Å². The topological polar surface area (TPSA) is 38.1 Å². The molecular weight excluding hydrogens is 342 g/mol. The smallest absolute Gasteiger partial charge is 0.248 e. The van der Waals surface area contributed by atoms with Crippen LogP contribution < -0.4 is 4.90 Å². The van der Waals surface area contributed by atoms with E-state index in [4.69, 9.17) is 0 Å². The van der Waals surface area contributed by atoms with Crippen LogP contribution in [0.3, 0.4) is 0 Å². The summed E-state index contributed by atoms with van der Waals surface area (Å²) in [6.07, 6.45) is 1.86. The number of hydrogen-bond donors (Lipinski definition) is 0. The molecule has 0 atom stereocenters. The number of hydrogen-bond acceptors (Lipinski definition) is 3. The number of rotatable bonds is 5. The van der Waals surface area contributed by atoms with Crippen LogP contribution in [0.1, 0.15) is 6.92 Å². The summed E-state index contributed by atoms with van der Waals surface area (Å²) >= 11 is 1.64. The predicted molar refractivity (Wildman–Crippen MR) is 108 cm³/mol. The van der Waals surface area contributed by atoms with Crippen LogP contribution in [0, 0.1) is 0 Å². The third-order valence-electron chi connectivity index (χ3n) is 4.43. The van der Waals surface area contributed by atoms with E-state index in [2.05, 4.69) is 28.7 Å². The molecule has 2 aromatic heterocycles. The summed E-state index contributed by atoms with van der Waals surface area (Å²) in [5.41, 5.74) is 2.93. The highest BCUT2D eigenvalue weighted by Gasteiger charge is 2.17. The molecule has 0 unspecified atom stereocenters. The summed E-state index contributed by atoms with van der Waals surface area (Å²) in [5.74, 6) is 0.0313. The zero-order valence-corrected chi connectivity index (χ0v) is 15.3. The molecular formula is C21H19N3OS. The number of thiophene rings is 1. The second-order valence-corrected chi connectivity index (χ2v) is 6.83. The van der Waals surface area contributed by atoms with E-state index in [0.29, 0.717) is 6.54 Å². The Kier molecular flexibility index (Phi) is 4.54. The van der Waals surface area contributed by atoms with E-state index >= 15 is 0 Å². The summed E-state index contributed by atoms with van der Waals surface area (Å²) in [6, 6.07) is 18.2.